The van der Waals surface area contributed by atoms with Crippen molar-refractivity contribution in [1.29, 1.82) is 0 Å². The van der Waals surface area contributed by atoms with Crippen molar-refractivity contribution in [1.82, 2.24) is 15.6 Å². The van der Waals surface area contributed by atoms with Gasteiger partial charge in [0, 0.05) is 50.5 Å². The molecular formula is C20H31IN4O2. The van der Waals surface area contributed by atoms with Crippen LogP contribution in [0.1, 0.15) is 24.8 Å². The van der Waals surface area contributed by atoms with Gasteiger partial charge in [-0.1, -0.05) is 18.2 Å². The van der Waals surface area contributed by atoms with Gasteiger partial charge in [-0.2, -0.15) is 0 Å². The number of rotatable bonds is 9. The van der Waals surface area contributed by atoms with E-state index < -0.39 is 0 Å². The first-order chi connectivity index (χ1) is 12.9. The molecule has 2 heterocycles. The summed E-state index contributed by atoms with van der Waals surface area (Å²) in [6, 6.07) is 8.45. The normalized spacial score (nSPS) is 17.1. The molecule has 1 aliphatic heterocycles. The zero-order valence-electron chi connectivity index (χ0n) is 16.0. The van der Waals surface area contributed by atoms with E-state index in [0.717, 1.165) is 64.6 Å². The van der Waals surface area contributed by atoms with E-state index in [1.165, 1.54) is 16.5 Å². The number of para-hydroxylation sites is 1. The Morgan fingerprint density at radius 2 is 2.07 bits per heavy atom. The fraction of sp³-hybridized carbons (Fsp3) is 0.550. The molecule has 150 valence electrons. The predicted molar refractivity (Wildman–Crippen MR) is 121 cm³/mol. The summed E-state index contributed by atoms with van der Waals surface area (Å²) < 4.78 is 11.1. The SMILES string of the molecule is CN=C(NCCCOC1CCOC1)NCCCc1c[nH]c2ccccc12.I. The highest BCUT2D eigenvalue weighted by Crippen LogP contribution is 2.18. The molecule has 0 bridgehead atoms. The molecule has 1 unspecified atom stereocenters. The molecule has 0 spiro atoms. The number of hydrogen-bond acceptors (Lipinski definition) is 3. The van der Waals surface area contributed by atoms with Gasteiger partial charge < -0.3 is 25.1 Å². The van der Waals surface area contributed by atoms with E-state index in [1.54, 1.807) is 7.05 Å². The Morgan fingerprint density at radius 1 is 1.26 bits per heavy atom. The van der Waals surface area contributed by atoms with Crippen LogP contribution in [0.15, 0.2) is 35.5 Å². The fourth-order valence-electron chi connectivity index (χ4n) is 3.22. The summed E-state index contributed by atoms with van der Waals surface area (Å²) in [5.41, 5.74) is 2.58. The summed E-state index contributed by atoms with van der Waals surface area (Å²) in [4.78, 5) is 7.61. The summed E-state index contributed by atoms with van der Waals surface area (Å²) in [5, 5.41) is 8.04. The van der Waals surface area contributed by atoms with Crippen molar-refractivity contribution in [2.24, 2.45) is 4.99 Å². The van der Waals surface area contributed by atoms with Gasteiger partial charge >= 0.3 is 0 Å². The first-order valence-electron chi connectivity index (χ1n) is 9.55. The van der Waals surface area contributed by atoms with Gasteiger partial charge in [0.15, 0.2) is 5.96 Å². The van der Waals surface area contributed by atoms with Crippen LogP contribution in [0.25, 0.3) is 10.9 Å². The van der Waals surface area contributed by atoms with Crippen molar-refractivity contribution >= 4 is 40.8 Å². The Hall–Kier alpha value is -1.32. The highest BCUT2D eigenvalue weighted by molar-refractivity contribution is 14.0. The fourth-order valence-corrected chi connectivity index (χ4v) is 3.22. The summed E-state index contributed by atoms with van der Waals surface area (Å²) in [7, 11) is 1.81. The maximum absolute atomic E-state index is 5.77. The number of benzene rings is 1. The number of aromatic amines is 1. The lowest BCUT2D eigenvalue weighted by atomic mass is 10.1. The van der Waals surface area contributed by atoms with Crippen LogP contribution in [0.3, 0.4) is 0 Å². The van der Waals surface area contributed by atoms with Gasteiger partial charge in [0.25, 0.3) is 0 Å². The van der Waals surface area contributed by atoms with Crippen LogP contribution in [0.2, 0.25) is 0 Å². The van der Waals surface area contributed by atoms with Crippen molar-refractivity contribution in [3.63, 3.8) is 0 Å². The Kier molecular flexibility index (Phi) is 9.93. The quantitative estimate of drug-likeness (QED) is 0.221. The third kappa shape index (κ3) is 6.97. The highest BCUT2D eigenvalue weighted by Gasteiger charge is 2.15. The van der Waals surface area contributed by atoms with Crippen LogP contribution in [-0.4, -0.2) is 57.0 Å². The third-order valence-corrected chi connectivity index (χ3v) is 4.67. The number of fused-ring (bicyclic) bond motifs is 1. The van der Waals surface area contributed by atoms with Crippen molar-refractivity contribution in [2.45, 2.75) is 31.8 Å². The molecule has 2 aromatic rings. The van der Waals surface area contributed by atoms with Gasteiger partial charge in [-0.05, 0) is 37.3 Å². The van der Waals surface area contributed by atoms with Gasteiger partial charge in [-0.15, -0.1) is 24.0 Å². The number of aromatic nitrogens is 1. The average molecular weight is 486 g/mol. The van der Waals surface area contributed by atoms with E-state index >= 15 is 0 Å². The van der Waals surface area contributed by atoms with Crippen molar-refractivity contribution in [2.75, 3.05) is 40.0 Å². The van der Waals surface area contributed by atoms with E-state index in [9.17, 15) is 0 Å². The number of aliphatic imine (C=N–C) groups is 1. The Labute approximate surface area is 178 Å². The van der Waals surface area contributed by atoms with E-state index in [-0.39, 0.29) is 30.1 Å². The molecule has 0 aliphatic carbocycles. The lowest BCUT2D eigenvalue weighted by molar-refractivity contribution is 0.0420. The molecule has 1 atom stereocenters. The summed E-state index contributed by atoms with van der Waals surface area (Å²) >= 11 is 0. The molecule has 1 aliphatic rings. The van der Waals surface area contributed by atoms with Crippen LogP contribution in [0.5, 0.6) is 0 Å². The second-order valence-corrected chi connectivity index (χ2v) is 6.60. The minimum atomic E-state index is 0. The largest absolute Gasteiger partial charge is 0.379 e. The number of aryl methyl sites for hydroxylation is 1. The second-order valence-electron chi connectivity index (χ2n) is 6.60. The molecule has 0 amide bonds. The van der Waals surface area contributed by atoms with Crippen LogP contribution in [0.4, 0.5) is 0 Å². The second kappa shape index (κ2) is 12.2. The number of halogens is 1. The Bertz CT molecular complexity index is 698. The van der Waals surface area contributed by atoms with E-state index in [0.29, 0.717) is 0 Å². The molecule has 6 nitrogen and oxygen atoms in total. The molecule has 0 saturated carbocycles. The average Bonchev–Trinajstić information content (AvgIpc) is 3.33. The molecular weight excluding hydrogens is 455 g/mol. The summed E-state index contributed by atoms with van der Waals surface area (Å²) in [6.07, 6.45) is 6.50. The Balaban J connectivity index is 0.00000261. The molecule has 0 radical (unpaired) electrons. The van der Waals surface area contributed by atoms with Crippen LogP contribution < -0.4 is 10.6 Å². The highest BCUT2D eigenvalue weighted by atomic mass is 127. The van der Waals surface area contributed by atoms with Crippen molar-refractivity contribution in [3.05, 3.63) is 36.0 Å². The van der Waals surface area contributed by atoms with Gasteiger partial charge in [-0.3, -0.25) is 4.99 Å². The summed E-state index contributed by atoms with van der Waals surface area (Å²) in [5.74, 6) is 0.855. The number of ether oxygens (including phenoxy) is 2. The van der Waals surface area contributed by atoms with Gasteiger partial charge in [0.2, 0.25) is 0 Å². The molecule has 27 heavy (non-hydrogen) atoms. The summed E-state index contributed by atoms with van der Waals surface area (Å²) in [6.45, 7) is 4.09. The lowest BCUT2D eigenvalue weighted by Crippen LogP contribution is -2.38. The molecule has 1 saturated heterocycles. The van der Waals surface area contributed by atoms with Gasteiger partial charge in [0.1, 0.15) is 0 Å². The molecule has 7 heteroatoms. The standard InChI is InChI=1S/C20H30N4O2.HI/c1-21-20(23-11-5-12-26-17-9-13-25-15-17)22-10-4-6-16-14-24-19-8-3-2-7-18(16)19;/h2-3,7-8,14,17,24H,4-6,9-13,15H2,1H3,(H2,21,22,23);1H. The molecule has 3 N–H and O–H groups in total. The van der Waals surface area contributed by atoms with Crippen LogP contribution in [0, 0.1) is 0 Å². The van der Waals surface area contributed by atoms with Gasteiger partial charge in [-0.25, -0.2) is 0 Å². The maximum Gasteiger partial charge on any atom is 0.190 e. The van der Waals surface area contributed by atoms with Crippen molar-refractivity contribution < 1.29 is 9.47 Å². The number of guanidine groups is 1. The monoisotopic (exact) mass is 486 g/mol. The predicted octanol–water partition coefficient (Wildman–Crippen LogP) is 3.08. The first kappa shape index (κ1) is 22.0. The topological polar surface area (TPSA) is 70.7 Å². The van der Waals surface area contributed by atoms with Crippen LogP contribution >= 0.6 is 24.0 Å². The minimum Gasteiger partial charge on any atom is -0.379 e. The van der Waals surface area contributed by atoms with Crippen LogP contribution in [-0.2, 0) is 15.9 Å². The smallest absolute Gasteiger partial charge is 0.190 e. The van der Waals surface area contributed by atoms with E-state index in [2.05, 4.69) is 51.1 Å². The van der Waals surface area contributed by atoms with E-state index in [4.69, 9.17) is 9.47 Å². The zero-order chi connectivity index (χ0) is 18.0. The molecule has 3 rings (SSSR count). The minimum absolute atomic E-state index is 0. The zero-order valence-corrected chi connectivity index (χ0v) is 18.3. The number of nitrogens with zero attached hydrogens (tertiary/aromatic N) is 1. The number of hydrogen-bond donors (Lipinski definition) is 3. The lowest BCUT2D eigenvalue weighted by Gasteiger charge is -2.13. The number of nitrogens with one attached hydrogen (secondary N) is 3. The number of H-pyrrole nitrogens is 1. The first-order valence-corrected chi connectivity index (χ1v) is 9.55. The Morgan fingerprint density at radius 3 is 2.85 bits per heavy atom. The third-order valence-electron chi connectivity index (χ3n) is 4.67. The maximum atomic E-state index is 5.77. The van der Waals surface area contributed by atoms with E-state index in [1.807, 2.05) is 0 Å². The molecule has 1 aromatic carbocycles. The molecule has 1 fully saturated rings. The van der Waals surface area contributed by atoms with Gasteiger partial charge in [0.05, 0.1) is 12.7 Å². The van der Waals surface area contributed by atoms with Crippen molar-refractivity contribution in [3.8, 4) is 0 Å². The molecule has 1 aromatic heterocycles.